The van der Waals surface area contributed by atoms with Crippen molar-refractivity contribution < 1.29 is 0 Å². The van der Waals surface area contributed by atoms with Crippen LogP contribution in [0.5, 0.6) is 0 Å². The number of aromatic nitrogens is 2. The summed E-state index contributed by atoms with van der Waals surface area (Å²) in [6.45, 7) is 6.15. The average Bonchev–Trinajstić information content (AvgIpc) is 2.82. The van der Waals surface area contributed by atoms with E-state index in [9.17, 15) is 0 Å². The number of benzene rings is 2. The quantitative estimate of drug-likeness (QED) is 0.534. The van der Waals surface area contributed by atoms with Crippen LogP contribution in [0.1, 0.15) is 29.3 Å². The number of imidazole rings is 1. The predicted molar refractivity (Wildman–Crippen MR) is 92.5 cm³/mol. The highest BCUT2D eigenvalue weighted by Gasteiger charge is 2.19. The lowest BCUT2D eigenvalue weighted by molar-refractivity contribution is 0.878. The van der Waals surface area contributed by atoms with E-state index in [1.165, 1.54) is 11.1 Å². The van der Waals surface area contributed by atoms with Gasteiger partial charge in [-0.3, -0.25) is 4.57 Å². The van der Waals surface area contributed by atoms with Crippen LogP contribution >= 0.6 is 27.5 Å². The van der Waals surface area contributed by atoms with Crippen molar-refractivity contribution in [1.29, 1.82) is 0 Å². The van der Waals surface area contributed by atoms with Crippen LogP contribution in [0.25, 0.3) is 16.7 Å². The predicted octanol–water partition coefficient (Wildman–Crippen LogP) is 5.70. The maximum atomic E-state index is 6.38. The molecule has 1 atom stereocenters. The molecule has 4 heteroatoms. The van der Waals surface area contributed by atoms with Gasteiger partial charge < -0.3 is 0 Å². The summed E-state index contributed by atoms with van der Waals surface area (Å²) in [5.41, 5.74) is 5.57. The van der Waals surface area contributed by atoms with Crippen LogP contribution in [0.2, 0.25) is 0 Å². The van der Waals surface area contributed by atoms with Gasteiger partial charge in [0.05, 0.1) is 22.1 Å². The van der Waals surface area contributed by atoms with Crippen molar-refractivity contribution in [3.63, 3.8) is 0 Å². The maximum Gasteiger partial charge on any atom is 0.132 e. The minimum atomic E-state index is -0.163. The summed E-state index contributed by atoms with van der Waals surface area (Å²) in [4.78, 5) is 4.73. The van der Waals surface area contributed by atoms with Crippen LogP contribution in [0, 0.1) is 13.8 Å². The highest BCUT2D eigenvalue weighted by molar-refractivity contribution is 9.10. The van der Waals surface area contributed by atoms with Gasteiger partial charge in [0.25, 0.3) is 0 Å². The number of nitrogens with zero attached hydrogens (tertiary/aromatic N) is 2. The van der Waals surface area contributed by atoms with Gasteiger partial charge in [0.15, 0.2) is 0 Å². The van der Waals surface area contributed by atoms with Crippen LogP contribution in [-0.2, 0) is 0 Å². The van der Waals surface area contributed by atoms with Gasteiger partial charge in [-0.1, -0.05) is 18.2 Å². The molecule has 2 nitrogen and oxygen atoms in total. The van der Waals surface area contributed by atoms with E-state index >= 15 is 0 Å². The molecule has 3 rings (SSSR count). The van der Waals surface area contributed by atoms with Crippen LogP contribution in [-0.4, -0.2) is 9.55 Å². The number of hydrogen-bond acceptors (Lipinski definition) is 1. The number of alkyl halides is 1. The molecule has 0 aliphatic carbocycles. The second-order valence-electron chi connectivity index (χ2n) is 5.32. The molecule has 3 aromatic rings. The fraction of sp³-hybridized carbons (Fsp3) is 0.235. The van der Waals surface area contributed by atoms with Crippen molar-refractivity contribution >= 4 is 38.6 Å². The standard InChI is InChI=1S/C17H16BrClN2/c1-10-7-8-13(18)15(9-10)21-16-11(2)5-4-6-14(16)20-17(21)12(3)19/h4-9,12H,1-3H3. The normalized spacial score (nSPS) is 12.8. The molecule has 21 heavy (non-hydrogen) atoms. The molecule has 0 fully saturated rings. The summed E-state index contributed by atoms with van der Waals surface area (Å²) in [6, 6.07) is 12.5. The second-order valence-corrected chi connectivity index (χ2v) is 6.83. The maximum absolute atomic E-state index is 6.38. The number of hydrogen-bond donors (Lipinski definition) is 0. The molecule has 0 spiro atoms. The molecule has 1 unspecified atom stereocenters. The fourth-order valence-corrected chi connectivity index (χ4v) is 3.19. The molecule has 0 radical (unpaired) electrons. The molecule has 1 aromatic heterocycles. The van der Waals surface area contributed by atoms with Gasteiger partial charge in [-0.05, 0) is 66.0 Å². The highest BCUT2D eigenvalue weighted by Crippen LogP contribution is 2.33. The Kier molecular flexibility index (Phi) is 3.80. The third-order valence-corrected chi connectivity index (χ3v) is 4.47. The summed E-state index contributed by atoms with van der Waals surface area (Å²) in [7, 11) is 0. The first kappa shape index (κ1) is 14.6. The van der Waals surface area contributed by atoms with Crippen LogP contribution in [0.4, 0.5) is 0 Å². The Balaban J connectivity index is 2.44. The molecule has 0 aliphatic heterocycles. The minimum absolute atomic E-state index is 0.163. The zero-order valence-corrected chi connectivity index (χ0v) is 14.5. The van der Waals surface area contributed by atoms with E-state index in [1.807, 2.05) is 19.1 Å². The largest absolute Gasteiger partial charge is 0.294 e. The van der Waals surface area contributed by atoms with E-state index in [2.05, 4.69) is 58.6 Å². The first-order chi connectivity index (χ1) is 9.99. The Bertz CT molecular complexity index is 821. The summed E-state index contributed by atoms with van der Waals surface area (Å²) in [5, 5.41) is -0.163. The Hall–Kier alpha value is -1.32. The van der Waals surface area contributed by atoms with Gasteiger partial charge >= 0.3 is 0 Å². The monoisotopic (exact) mass is 362 g/mol. The lowest BCUT2D eigenvalue weighted by Gasteiger charge is -2.14. The summed E-state index contributed by atoms with van der Waals surface area (Å²) in [6.07, 6.45) is 0. The second kappa shape index (κ2) is 5.47. The van der Waals surface area contributed by atoms with Crippen LogP contribution in [0.3, 0.4) is 0 Å². The van der Waals surface area contributed by atoms with Crippen LogP contribution < -0.4 is 0 Å². The number of rotatable bonds is 2. The van der Waals surface area contributed by atoms with Crippen molar-refractivity contribution in [1.82, 2.24) is 9.55 Å². The molecule has 0 bridgehead atoms. The van der Waals surface area contributed by atoms with Crippen molar-refractivity contribution in [2.75, 3.05) is 0 Å². The van der Waals surface area contributed by atoms with Gasteiger partial charge in [-0.25, -0.2) is 4.98 Å². The Morgan fingerprint density at radius 1 is 1.19 bits per heavy atom. The minimum Gasteiger partial charge on any atom is -0.294 e. The third kappa shape index (κ3) is 2.49. The Morgan fingerprint density at radius 3 is 2.67 bits per heavy atom. The van der Waals surface area contributed by atoms with Crippen molar-refractivity contribution in [2.45, 2.75) is 26.1 Å². The van der Waals surface area contributed by atoms with Crippen LogP contribution in [0.15, 0.2) is 40.9 Å². The van der Waals surface area contributed by atoms with E-state index in [4.69, 9.17) is 16.6 Å². The molecule has 0 saturated carbocycles. The zero-order valence-electron chi connectivity index (χ0n) is 12.2. The van der Waals surface area contributed by atoms with E-state index in [0.29, 0.717) is 0 Å². The molecule has 108 valence electrons. The van der Waals surface area contributed by atoms with Crippen molar-refractivity contribution in [2.24, 2.45) is 0 Å². The number of fused-ring (bicyclic) bond motifs is 1. The molecular weight excluding hydrogens is 348 g/mol. The molecule has 0 saturated heterocycles. The van der Waals surface area contributed by atoms with E-state index in [0.717, 1.165) is 27.0 Å². The highest BCUT2D eigenvalue weighted by atomic mass is 79.9. The van der Waals surface area contributed by atoms with E-state index < -0.39 is 0 Å². The smallest absolute Gasteiger partial charge is 0.132 e. The molecule has 0 N–H and O–H groups in total. The van der Waals surface area contributed by atoms with Gasteiger partial charge in [0.2, 0.25) is 0 Å². The SMILES string of the molecule is Cc1ccc(Br)c(-n2c(C(C)Cl)nc3cccc(C)c32)c1. The molecule has 1 heterocycles. The van der Waals surface area contributed by atoms with Gasteiger partial charge in [-0.15, -0.1) is 11.6 Å². The van der Waals surface area contributed by atoms with Gasteiger partial charge in [0.1, 0.15) is 5.82 Å². The first-order valence-electron chi connectivity index (χ1n) is 6.87. The van der Waals surface area contributed by atoms with Gasteiger partial charge in [-0.2, -0.15) is 0 Å². The third-order valence-electron chi connectivity index (χ3n) is 3.60. The Labute approximate surface area is 137 Å². The zero-order chi connectivity index (χ0) is 15.1. The first-order valence-corrected chi connectivity index (χ1v) is 8.10. The topological polar surface area (TPSA) is 17.8 Å². The number of halogens is 2. The Morgan fingerprint density at radius 2 is 1.95 bits per heavy atom. The summed E-state index contributed by atoms with van der Waals surface area (Å²) in [5.74, 6) is 0.868. The molecule has 0 aliphatic rings. The molecule has 2 aromatic carbocycles. The average molecular weight is 364 g/mol. The number of aryl methyl sites for hydroxylation is 2. The van der Waals surface area contributed by atoms with Crippen molar-refractivity contribution in [3.8, 4) is 5.69 Å². The molecular formula is C17H16BrClN2. The number of para-hydroxylation sites is 1. The van der Waals surface area contributed by atoms with Gasteiger partial charge in [0, 0.05) is 4.47 Å². The lowest BCUT2D eigenvalue weighted by Crippen LogP contribution is -2.03. The van der Waals surface area contributed by atoms with E-state index in [1.54, 1.807) is 0 Å². The fourth-order valence-electron chi connectivity index (χ4n) is 2.62. The summed E-state index contributed by atoms with van der Waals surface area (Å²) < 4.78 is 3.20. The van der Waals surface area contributed by atoms with Crippen molar-refractivity contribution in [3.05, 3.63) is 57.8 Å². The summed E-state index contributed by atoms with van der Waals surface area (Å²) >= 11 is 10.0. The molecule has 0 amide bonds. The van der Waals surface area contributed by atoms with E-state index in [-0.39, 0.29) is 5.38 Å². The lowest BCUT2D eigenvalue weighted by atomic mass is 10.2.